The largest absolute Gasteiger partial charge is 0.491 e. The quantitative estimate of drug-likeness (QED) is 0.114. The molecular formula is C45H57N13O6. The van der Waals surface area contributed by atoms with Crippen LogP contribution in [0.15, 0.2) is 63.6 Å². The van der Waals surface area contributed by atoms with E-state index in [1.54, 1.807) is 75.1 Å². The summed E-state index contributed by atoms with van der Waals surface area (Å²) in [6, 6.07) is 11.9. The maximum Gasteiger partial charge on any atom is 0.298 e. The van der Waals surface area contributed by atoms with Gasteiger partial charge in [-0.15, -0.1) is 0 Å². The number of carbonyl (C=O) groups is 4. The number of morpholine rings is 1. The maximum atomic E-state index is 14.1. The van der Waals surface area contributed by atoms with E-state index in [4.69, 9.17) is 25.9 Å². The Labute approximate surface area is 369 Å². The zero-order chi connectivity index (χ0) is 46.0. The molecular weight excluding hydrogens is 819 g/mol. The molecule has 4 amide bonds. The summed E-state index contributed by atoms with van der Waals surface area (Å²) in [5.41, 5.74) is 19.3. The van der Waals surface area contributed by atoms with Crippen LogP contribution in [0, 0.1) is 13.8 Å². The number of benzene rings is 2. The van der Waals surface area contributed by atoms with Crippen LogP contribution >= 0.6 is 0 Å². The highest BCUT2D eigenvalue weighted by Crippen LogP contribution is 2.29. The highest BCUT2D eigenvalue weighted by atomic mass is 16.5. The summed E-state index contributed by atoms with van der Waals surface area (Å²) < 4.78 is 22.7. The summed E-state index contributed by atoms with van der Waals surface area (Å²) in [4.78, 5) is 64.6. The molecule has 338 valence electrons. The van der Waals surface area contributed by atoms with Gasteiger partial charge >= 0.3 is 0 Å². The minimum Gasteiger partial charge on any atom is -0.491 e. The number of allylic oxidation sites excluding steroid dienone is 2. The van der Waals surface area contributed by atoms with Crippen LogP contribution < -0.4 is 27.4 Å². The second kappa shape index (κ2) is 18.9. The van der Waals surface area contributed by atoms with Gasteiger partial charge in [-0.05, 0) is 90.4 Å². The molecule has 64 heavy (non-hydrogen) atoms. The van der Waals surface area contributed by atoms with Gasteiger partial charge in [0.15, 0.2) is 0 Å². The van der Waals surface area contributed by atoms with Crippen LogP contribution in [0.4, 0.5) is 0 Å². The summed E-state index contributed by atoms with van der Waals surface area (Å²) in [6.07, 6.45) is 0.725. The summed E-state index contributed by atoms with van der Waals surface area (Å²) in [6.45, 7) is 17.2. The van der Waals surface area contributed by atoms with Gasteiger partial charge in [0.25, 0.3) is 11.8 Å². The fourth-order valence-electron chi connectivity index (χ4n) is 8.16. The van der Waals surface area contributed by atoms with Crippen LogP contribution in [0.2, 0.25) is 0 Å². The summed E-state index contributed by atoms with van der Waals surface area (Å²) >= 11 is 0. The second-order valence-corrected chi connectivity index (χ2v) is 16.2. The molecule has 0 unspecified atom stereocenters. The molecule has 1 aliphatic heterocycles. The predicted octanol–water partition coefficient (Wildman–Crippen LogP) is 3.14. The zero-order valence-corrected chi connectivity index (χ0v) is 37.8. The Kier molecular flexibility index (Phi) is 13.3. The minimum absolute atomic E-state index is 0.249. The first kappa shape index (κ1) is 45.2. The molecule has 0 radical (unpaired) electrons. The molecule has 1 aliphatic rings. The maximum absolute atomic E-state index is 14.1. The molecule has 0 spiro atoms. The lowest BCUT2D eigenvalue weighted by Gasteiger charge is -2.26. The number of primary amides is 2. The highest BCUT2D eigenvalue weighted by molar-refractivity contribution is 5.99. The molecule has 1 fully saturated rings. The summed E-state index contributed by atoms with van der Waals surface area (Å²) in [7, 11) is 3.57. The first-order chi connectivity index (χ1) is 30.6. The molecule has 19 nitrogen and oxygen atoms in total. The van der Waals surface area contributed by atoms with E-state index in [0.29, 0.717) is 101 Å². The monoisotopic (exact) mass is 875 g/mol. The van der Waals surface area contributed by atoms with Crippen LogP contribution in [0.1, 0.15) is 87.2 Å². The number of nitrogens with zero attached hydrogens (tertiary/aromatic N) is 11. The van der Waals surface area contributed by atoms with Crippen LogP contribution in [0.5, 0.6) is 5.75 Å². The van der Waals surface area contributed by atoms with Gasteiger partial charge in [-0.3, -0.25) is 33.4 Å². The lowest BCUT2D eigenvalue weighted by molar-refractivity contribution is 0.0358. The molecule has 7 rings (SSSR count). The molecule has 19 heteroatoms. The van der Waals surface area contributed by atoms with Crippen molar-refractivity contribution in [2.75, 3.05) is 39.5 Å². The SMILES string of the molecule is CCn1nc(C)cc1C(=O)/N=c1\n(C)c2cc(C(N)=O)ccc2n1C/C(C)=C(\C)Cn1/c(=N/C(=O)c2cc(C)nn2CC)n(C)c2cc(C(N)=O)cc(OCCCN3CCOCC3)c21. The van der Waals surface area contributed by atoms with Gasteiger partial charge in [0.1, 0.15) is 22.7 Å². The van der Waals surface area contributed by atoms with Crippen molar-refractivity contribution in [2.24, 2.45) is 35.5 Å². The molecule has 0 aliphatic carbocycles. The Balaban J connectivity index is 1.36. The van der Waals surface area contributed by atoms with E-state index in [1.165, 1.54) is 0 Å². The Hall–Kier alpha value is -6.86. The van der Waals surface area contributed by atoms with Crippen molar-refractivity contribution in [3.63, 3.8) is 0 Å². The molecule has 4 N–H and O–H groups in total. The third kappa shape index (κ3) is 9.12. The number of amides is 4. The van der Waals surface area contributed by atoms with E-state index in [1.807, 2.05) is 50.7 Å². The lowest BCUT2D eigenvalue weighted by atomic mass is 10.1. The Morgan fingerprint density at radius 3 is 1.81 bits per heavy atom. The van der Waals surface area contributed by atoms with Gasteiger partial charge in [0.05, 0.1) is 47.8 Å². The second-order valence-electron chi connectivity index (χ2n) is 16.2. The van der Waals surface area contributed by atoms with Crippen LogP contribution in [0.25, 0.3) is 22.1 Å². The van der Waals surface area contributed by atoms with Crippen LogP contribution in [-0.4, -0.2) is 106 Å². The Bertz CT molecular complexity index is 2980. The predicted molar refractivity (Wildman–Crippen MR) is 240 cm³/mol. The number of aromatic nitrogens is 8. The normalized spacial score (nSPS) is 14.5. The molecule has 1 saturated heterocycles. The van der Waals surface area contributed by atoms with E-state index in [0.717, 1.165) is 42.7 Å². The molecule has 0 saturated carbocycles. The minimum atomic E-state index is -0.624. The van der Waals surface area contributed by atoms with E-state index in [9.17, 15) is 19.2 Å². The third-order valence-electron chi connectivity index (χ3n) is 11.7. The molecule has 4 aromatic heterocycles. The third-order valence-corrected chi connectivity index (χ3v) is 11.7. The zero-order valence-electron chi connectivity index (χ0n) is 37.8. The number of carbonyl (C=O) groups excluding carboxylic acids is 4. The average molecular weight is 876 g/mol. The highest BCUT2D eigenvalue weighted by Gasteiger charge is 2.23. The molecule has 2 aromatic carbocycles. The fourth-order valence-corrected chi connectivity index (χ4v) is 8.16. The topological polar surface area (TPSA) is 222 Å². The van der Waals surface area contributed by atoms with E-state index >= 15 is 0 Å². The van der Waals surface area contributed by atoms with Crippen LogP contribution in [0.3, 0.4) is 0 Å². The number of rotatable bonds is 15. The van der Waals surface area contributed by atoms with Crippen molar-refractivity contribution in [1.29, 1.82) is 0 Å². The van der Waals surface area contributed by atoms with Gasteiger partial charge in [0.2, 0.25) is 23.1 Å². The van der Waals surface area contributed by atoms with Gasteiger partial charge in [-0.25, -0.2) is 0 Å². The smallest absolute Gasteiger partial charge is 0.298 e. The first-order valence-electron chi connectivity index (χ1n) is 21.5. The van der Waals surface area contributed by atoms with Gasteiger partial charge in [-0.2, -0.15) is 20.2 Å². The van der Waals surface area contributed by atoms with Crippen molar-refractivity contribution >= 4 is 45.7 Å². The van der Waals surface area contributed by atoms with Crippen LogP contribution in [-0.2, 0) is 45.0 Å². The van der Waals surface area contributed by atoms with E-state index < -0.39 is 23.6 Å². The van der Waals surface area contributed by atoms with E-state index in [2.05, 4.69) is 20.1 Å². The Morgan fingerprint density at radius 2 is 1.25 bits per heavy atom. The number of fused-ring (bicyclic) bond motifs is 2. The van der Waals surface area contributed by atoms with E-state index in [-0.39, 0.29) is 12.1 Å². The molecule has 0 bridgehead atoms. The number of hydrogen-bond donors (Lipinski definition) is 2. The number of imidazole rings is 2. The number of hydrogen-bond acceptors (Lipinski definition) is 9. The van der Waals surface area contributed by atoms with Gasteiger partial charge in [0, 0.05) is 71.0 Å². The number of ether oxygens (including phenoxy) is 2. The number of aryl methyl sites for hydroxylation is 6. The van der Waals surface area contributed by atoms with Crippen molar-refractivity contribution in [3.8, 4) is 5.75 Å². The van der Waals surface area contributed by atoms with Gasteiger partial charge < -0.3 is 39.2 Å². The Morgan fingerprint density at radius 1 is 0.719 bits per heavy atom. The van der Waals surface area contributed by atoms with Gasteiger partial charge in [-0.1, -0.05) is 11.1 Å². The van der Waals surface area contributed by atoms with Crippen molar-refractivity contribution in [3.05, 3.63) is 98.7 Å². The van der Waals surface area contributed by atoms with Crippen molar-refractivity contribution in [1.82, 2.24) is 42.7 Å². The van der Waals surface area contributed by atoms with Crippen molar-refractivity contribution < 1.29 is 28.7 Å². The molecule has 0 atom stereocenters. The lowest BCUT2D eigenvalue weighted by Crippen LogP contribution is -2.37. The fraction of sp³-hybridized carbons (Fsp3) is 0.422. The molecule has 6 aromatic rings. The first-order valence-corrected chi connectivity index (χ1v) is 21.5. The summed E-state index contributed by atoms with van der Waals surface area (Å²) in [5.74, 6) is -1.73. The van der Waals surface area contributed by atoms with Crippen molar-refractivity contribution in [2.45, 2.75) is 74.1 Å². The summed E-state index contributed by atoms with van der Waals surface area (Å²) in [5, 5.41) is 8.92. The average Bonchev–Trinajstić information content (AvgIpc) is 4.00. The number of nitrogens with two attached hydrogens (primary N) is 2. The molecule has 5 heterocycles. The standard InChI is InChI=1S/C45H57N13O6/c1-9-57-36(20-29(5)50-57)42(61)48-44-52(7)34-22-31(40(46)59)12-13-33(34)55(44)25-27(3)28(4)26-56-39-35(53(8)45(56)49-43(62)37-21-30(6)51-58(37)10-2)23-32(41(47)60)24-38(39)64-17-11-14-54-15-18-63-19-16-54/h12-13,20-24H,9-11,14-19,25-26H2,1-8H3,(H2,46,59)(H2,47,60)/b28-27+,48-44+,49-45+.